The van der Waals surface area contributed by atoms with E-state index < -0.39 is 35.9 Å². The molecule has 1 saturated carbocycles. The zero-order chi connectivity index (χ0) is 25.4. The second-order valence-electron chi connectivity index (χ2n) is 8.38. The number of fused-ring (bicyclic) bond motifs is 2. The summed E-state index contributed by atoms with van der Waals surface area (Å²) in [4.78, 5) is 9.82. The van der Waals surface area contributed by atoms with Crippen LogP contribution in [0, 0.1) is 11.8 Å². The number of rotatable bonds is 5. The van der Waals surface area contributed by atoms with Gasteiger partial charge in [0.15, 0.2) is 17.8 Å². The molecule has 1 unspecified atom stereocenters. The monoisotopic (exact) mass is 522 g/mol. The van der Waals surface area contributed by atoms with Crippen LogP contribution in [-0.2, 0) is 6.18 Å². The molecule has 0 aromatic carbocycles. The fourth-order valence-corrected chi connectivity index (χ4v) is 4.76. The molecular formula is C21H21ClF6N6O. The average molecular weight is 523 g/mol. The van der Waals surface area contributed by atoms with Gasteiger partial charge in [0.2, 0.25) is 0 Å². The van der Waals surface area contributed by atoms with E-state index in [2.05, 4.69) is 30.0 Å². The molecule has 0 radical (unpaired) electrons. The van der Waals surface area contributed by atoms with Crippen LogP contribution < -0.4 is 15.1 Å². The Morgan fingerprint density at radius 3 is 2.34 bits per heavy atom. The summed E-state index contributed by atoms with van der Waals surface area (Å²) >= 11 is 5.99. The van der Waals surface area contributed by atoms with Gasteiger partial charge in [-0.25, -0.2) is 4.98 Å². The molecule has 1 saturated heterocycles. The van der Waals surface area contributed by atoms with Gasteiger partial charge in [0, 0.05) is 43.9 Å². The summed E-state index contributed by atoms with van der Waals surface area (Å²) in [5, 5.41) is 8.44. The maximum Gasteiger partial charge on any atom is 0.433 e. The minimum Gasteiger partial charge on any atom is -0.480 e. The van der Waals surface area contributed by atoms with E-state index >= 15 is 0 Å². The zero-order valence-corrected chi connectivity index (χ0v) is 19.1. The van der Waals surface area contributed by atoms with Crippen LogP contribution in [0.1, 0.15) is 18.5 Å². The van der Waals surface area contributed by atoms with E-state index in [0.717, 1.165) is 31.6 Å². The van der Waals surface area contributed by atoms with Crippen molar-refractivity contribution >= 4 is 17.3 Å². The Labute approximate surface area is 201 Å². The summed E-state index contributed by atoms with van der Waals surface area (Å²) in [6.45, 7) is -0.464. The van der Waals surface area contributed by atoms with Gasteiger partial charge in [-0.1, -0.05) is 16.8 Å². The van der Waals surface area contributed by atoms with E-state index in [4.69, 9.17) is 11.6 Å². The van der Waals surface area contributed by atoms with Crippen molar-refractivity contribution in [2.45, 2.75) is 31.2 Å². The van der Waals surface area contributed by atoms with E-state index in [1.54, 1.807) is 12.3 Å². The SMILES string of the molecule is CN=c1c(OCC(F)(F)F)ccc(C(F)(F)F)n1N=NC1[C@@H]2CC[C@H]1CN(c1ccnc(Cl)c1)C2. The summed E-state index contributed by atoms with van der Waals surface area (Å²) in [6.07, 6.45) is -6.28. The van der Waals surface area contributed by atoms with E-state index in [9.17, 15) is 26.3 Å². The lowest BCUT2D eigenvalue weighted by Crippen LogP contribution is -2.44. The smallest absolute Gasteiger partial charge is 0.433 e. The van der Waals surface area contributed by atoms with Gasteiger partial charge in [-0.2, -0.15) is 36.1 Å². The minimum atomic E-state index is -4.84. The molecule has 2 aromatic rings. The van der Waals surface area contributed by atoms with Crippen LogP contribution in [0.15, 0.2) is 45.8 Å². The molecule has 14 heteroatoms. The topological polar surface area (TPSA) is 67.4 Å². The van der Waals surface area contributed by atoms with Crippen LogP contribution in [0.3, 0.4) is 0 Å². The van der Waals surface area contributed by atoms with Crippen molar-refractivity contribution in [3.8, 4) is 5.75 Å². The molecule has 1 aliphatic heterocycles. The van der Waals surface area contributed by atoms with Crippen LogP contribution in [0.2, 0.25) is 5.15 Å². The molecule has 0 spiro atoms. The highest BCUT2D eigenvalue weighted by molar-refractivity contribution is 6.29. The number of nitrogens with zero attached hydrogens (tertiary/aromatic N) is 6. The first kappa shape index (κ1) is 25.3. The van der Waals surface area contributed by atoms with Crippen molar-refractivity contribution in [2.24, 2.45) is 27.2 Å². The Kier molecular flexibility index (Phi) is 6.98. The Bertz CT molecular complexity index is 1150. The molecule has 3 heterocycles. The summed E-state index contributed by atoms with van der Waals surface area (Å²) in [5.74, 6) is -0.416. The molecule has 3 atom stereocenters. The fourth-order valence-electron chi connectivity index (χ4n) is 4.59. The largest absolute Gasteiger partial charge is 0.480 e. The first-order valence-electron chi connectivity index (χ1n) is 10.7. The Hall–Kier alpha value is -2.83. The number of hydrogen-bond donors (Lipinski definition) is 0. The molecule has 2 aromatic heterocycles. The van der Waals surface area contributed by atoms with Gasteiger partial charge >= 0.3 is 12.4 Å². The molecule has 1 aliphatic carbocycles. The molecule has 2 bridgehead atoms. The minimum absolute atomic E-state index is 0.0334. The molecule has 2 fully saturated rings. The molecule has 35 heavy (non-hydrogen) atoms. The number of anilines is 1. The fraction of sp³-hybridized carbons (Fsp3) is 0.524. The first-order chi connectivity index (χ1) is 16.5. The normalized spacial score (nSPS) is 23.4. The Morgan fingerprint density at radius 1 is 1.09 bits per heavy atom. The number of piperidine rings is 1. The van der Waals surface area contributed by atoms with Crippen molar-refractivity contribution in [1.82, 2.24) is 9.66 Å². The van der Waals surface area contributed by atoms with Crippen LogP contribution in [0.4, 0.5) is 32.0 Å². The van der Waals surface area contributed by atoms with Gasteiger partial charge in [-0.3, -0.25) is 4.99 Å². The molecule has 4 rings (SSSR count). The van der Waals surface area contributed by atoms with E-state index in [-0.39, 0.29) is 17.9 Å². The number of alkyl halides is 6. The van der Waals surface area contributed by atoms with Crippen LogP contribution in [-0.4, -0.2) is 48.6 Å². The van der Waals surface area contributed by atoms with Crippen molar-refractivity contribution in [2.75, 3.05) is 31.6 Å². The van der Waals surface area contributed by atoms with Gasteiger partial charge < -0.3 is 9.64 Å². The van der Waals surface area contributed by atoms with Crippen LogP contribution in [0.25, 0.3) is 0 Å². The number of ether oxygens (including phenoxy) is 1. The quantitative estimate of drug-likeness (QED) is 0.310. The zero-order valence-electron chi connectivity index (χ0n) is 18.4. The van der Waals surface area contributed by atoms with Gasteiger partial charge in [-0.05, 0) is 37.1 Å². The molecule has 7 nitrogen and oxygen atoms in total. The van der Waals surface area contributed by atoms with E-state index in [1.807, 2.05) is 6.07 Å². The molecule has 0 amide bonds. The maximum atomic E-state index is 13.7. The third-order valence-corrected chi connectivity index (χ3v) is 6.28. The Morgan fingerprint density at radius 2 is 1.77 bits per heavy atom. The third kappa shape index (κ3) is 5.71. The van der Waals surface area contributed by atoms with E-state index in [0.29, 0.717) is 29.0 Å². The number of aromatic nitrogens is 2. The highest BCUT2D eigenvalue weighted by atomic mass is 35.5. The number of pyridine rings is 2. The highest BCUT2D eigenvalue weighted by Crippen LogP contribution is 2.41. The molecule has 2 aliphatic rings. The molecule has 0 N–H and O–H groups in total. The number of halogens is 7. The second kappa shape index (κ2) is 9.67. The van der Waals surface area contributed by atoms with Gasteiger partial charge in [0.25, 0.3) is 0 Å². The lowest BCUT2D eigenvalue weighted by atomic mass is 9.92. The van der Waals surface area contributed by atoms with Crippen molar-refractivity contribution in [1.29, 1.82) is 0 Å². The molecule has 190 valence electrons. The predicted octanol–water partition coefficient (Wildman–Crippen LogP) is 5.16. The standard InChI is InChI=1S/C21H21ClF6N6O/c1-29-19-15(35-11-20(23,24)25)4-5-16(21(26,27)28)34(19)32-31-18-12-2-3-13(18)10-33(9-12)14-6-7-30-17(22)8-14/h4-8,12-13,18H,2-3,9-11H2,1H3/t12-,13+,18?. The summed E-state index contributed by atoms with van der Waals surface area (Å²) in [5.41, 5.74) is -0.839. The van der Waals surface area contributed by atoms with Gasteiger partial charge in [0.05, 0.1) is 6.04 Å². The highest BCUT2D eigenvalue weighted by Gasteiger charge is 2.43. The summed E-state index contributed by atoms with van der Waals surface area (Å²) in [7, 11) is 1.14. The number of hydrogen-bond acceptors (Lipinski definition) is 6. The van der Waals surface area contributed by atoms with Crippen molar-refractivity contribution in [3.05, 3.63) is 46.8 Å². The van der Waals surface area contributed by atoms with Gasteiger partial charge in [-0.15, -0.1) is 0 Å². The first-order valence-corrected chi connectivity index (χ1v) is 11.1. The third-order valence-electron chi connectivity index (χ3n) is 6.07. The van der Waals surface area contributed by atoms with Crippen molar-refractivity contribution in [3.63, 3.8) is 0 Å². The van der Waals surface area contributed by atoms with Crippen LogP contribution >= 0.6 is 11.6 Å². The van der Waals surface area contributed by atoms with Gasteiger partial charge in [0.1, 0.15) is 10.8 Å². The second-order valence-corrected chi connectivity index (χ2v) is 8.77. The lowest BCUT2D eigenvalue weighted by molar-refractivity contribution is -0.154. The summed E-state index contributed by atoms with van der Waals surface area (Å²) < 4.78 is 83.9. The van der Waals surface area contributed by atoms with Crippen molar-refractivity contribution < 1.29 is 31.1 Å². The maximum absolute atomic E-state index is 13.7. The Balaban J connectivity index is 1.63. The summed E-state index contributed by atoms with van der Waals surface area (Å²) in [6, 6.07) is 4.63. The van der Waals surface area contributed by atoms with Crippen LogP contribution in [0.5, 0.6) is 5.75 Å². The molecular weight excluding hydrogens is 502 g/mol. The van der Waals surface area contributed by atoms with E-state index in [1.165, 1.54) is 0 Å². The average Bonchev–Trinajstić information content (AvgIpc) is 3.01. The lowest BCUT2D eigenvalue weighted by Gasteiger charge is -2.37. The predicted molar refractivity (Wildman–Crippen MR) is 114 cm³/mol.